The number of rotatable bonds is 9. The van der Waals surface area contributed by atoms with Crippen LogP contribution in [0.15, 0.2) is 42.5 Å². The van der Waals surface area contributed by atoms with Crippen molar-refractivity contribution in [3.63, 3.8) is 0 Å². The van der Waals surface area contributed by atoms with Crippen LogP contribution in [0.1, 0.15) is 24.9 Å². The Hall–Kier alpha value is -3.75. The third-order valence-corrected chi connectivity index (χ3v) is 4.99. The molecule has 9 nitrogen and oxygen atoms in total. The highest BCUT2D eigenvalue weighted by atomic mass is 16.5. The lowest BCUT2D eigenvalue weighted by Crippen LogP contribution is -2.40. The molecular formula is C23H26N2O7. The van der Waals surface area contributed by atoms with E-state index >= 15 is 0 Å². The highest BCUT2D eigenvalue weighted by molar-refractivity contribution is 5.98. The molecule has 32 heavy (non-hydrogen) atoms. The Labute approximate surface area is 186 Å². The minimum absolute atomic E-state index is 0.0490. The van der Waals surface area contributed by atoms with Crippen molar-refractivity contribution in [2.24, 2.45) is 0 Å². The van der Waals surface area contributed by atoms with E-state index in [9.17, 15) is 14.4 Å². The molecule has 0 saturated heterocycles. The number of hydrogen-bond donors (Lipinski definition) is 1. The number of fused-ring (bicyclic) bond motifs is 1. The van der Waals surface area contributed by atoms with Gasteiger partial charge in [-0.15, -0.1) is 0 Å². The zero-order chi connectivity index (χ0) is 23.1. The summed E-state index contributed by atoms with van der Waals surface area (Å²) in [6.45, 7) is 1.42. The predicted octanol–water partition coefficient (Wildman–Crippen LogP) is 2.24. The van der Waals surface area contributed by atoms with E-state index in [4.69, 9.17) is 18.9 Å². The molecular weight excluding hydrogens is 416 g/mol. The number of nitrogens with zero attached hydrogens (tertiary/aromatic N) is 1. The summed E-state index contributed by atoms with van der Waals surface area (Å²) < 4.78 is 21.0. The fourth-order valence-electron chi connectivity index (χ4n) is 3.36. The molecule has 0 saturated carbocycles. The van der Waals surface area contributed by atoms with Gasteiger partial charge in [0.1, 0.15) is 17.2 Å². The van der Waals surface area contributed by atoms with E-state index in [1.165, 1.54) is 4.90 Å². The molecule has 1 unspecified atom stereocenters. The smallest absolute Gasteiger partial charge is 0.308 e. The van der Waals surface area contributed by atoms with Gasteiger partial charge in [-0.2, -0.15) is 0 Å². The predicted molar refractivity (Wildman–Crippen MR) is 116 cm³/mol. The summed E-state index contributed by atoms with van der Waals surface area (Å²) in [6, 6.07) is 12.0. The summed E-state index contributed by atoms with van der Waals surface area (Å²) in [4.78, 5) is 38.0. The van der Waals surface area contributed by atoms with Gasteiger partial charge in [0.15, 0.2) is 13.2 Å². The highest BCUT2D eigenvalue weighted by Crippen LogP contribution is 2.31. The average molecular weight is 442 g/mol. The van der Waals surface area contributed by atoms with E-state index in [0.717, 1.165) is 5.56 Å². The lowest BCUT2D eigenvalue weighted by Gasteiger charge is -2.28. The van der Waals surface area contributed by atoms with E-state index in [0.29, 0.717) is 22.9 Å². The number of methoxy groups -OCH3 is 2. The van der Waals surface area contributed by atoms with Gasteiger partial charge >= 0.3 is 5.97 Å². The topological polar surface area (TPSA) is 103 Å². The molecule has 3 rings (SSSR count). The standard InChI is InChI=1S/C23H26N2O7/c1-15(17-12-16(29-2)8-9-19(17)30-3)24-21(26)13-32-23(28)10-11-25-18-6-4-5-7-20(18)31-14-22(25)27/h4-9,12,15H,10-11,13-14H2,1-3H3,(H,24,26). The minimum Gasteiger partial charge on any atom is -0.497 e. The molecule has 1 aliphatic rings. The first-order valence-electron chi connectivity index (χ1n) is 10.1. The number of anilines is 1. The molecule has 0 radical (unpaired) electrons. The Balaban J connectivity index is 1.49. The van der Waals surface area contributed by atoms with Crippen LogP contribution in [0.25, 0.3) is 0 Å². The van der Waals surface area contributed by atoms with Crippen LogP contribution in [0.4, 0.5) is 5.69 Å². The summed E-state index contributed by atoms with van der Waals surface area (Å²) in [6.07, 6.45) is -0.0490. The largest absolute Gasteiger partial charge is 0.497 e. The van der Waals surface area contributed by atoms with Crippen LogP contribution in [-0.2, 0) is 19.1 Å². The van der Waals surface area contributed by atoms with Gasteiger partial charge < -0.3 is 29.2 Å². The first-order chi connectivity index (χ1) is 15.4. The Morgan fingerprint density at radius 3 is 2.69 bits per heavy atom. The first-order valence-corrected chi connectivity index (χ1v) is 10.1. The molecule has 0 fully saturated rings. The van der Waals surface area contributed by atoms with E-state index in [1.54, 1.807) is 57.5 Å². The second kappa shape index (κ2) is 10.5. The first kappa shape index (κ1) is 22.9. The molecule has 2 amide bonds. The number of amides is 2. The molecule has 0 spiro atoms. The summed E-state index contributed by atoms with van der Waals surface area (Å²) in [5, 5.41) is 2.77. The number of nitrogens with one attached hydrogen (secondary N) is 1. The van der Waals surface area contributed by atoms with Crippen molar-refractivity contribution < 1.29 is 33.3 Å². The molecule has 1 atom stereocenters. The normalized spacial score (nSPS) is 13.5. The maximum atomic E-state index is 12.3. The zero-order valence-electron chi connectivity index (χ0n) is 18.3. The Bertz CT molecular complexity index is 992. The number of benzene rings is 2. The summed E-state index contributed by atoms with van der Waals surface area (Å²) in [5.74, 6) is 0.544. The number of para-hydroxylation sites is 2. The van der Waals surface area contributed by atoms with Crippen molar-refractivity contribution in [3.8, 4) is 17.2 Å². The Kier molecular flexibility index (Phi) is 7.54. The van der Waals surface area contributed by atoms with E-state index in [2.05, 4.69) is 5.32 Å². The fraction of sp³-hybridized carbons (Fsp3) is 0.348. The molecule has 2 aromatic rings. The Morgan fingerprint density at radius 1 is 1.16 bits per heavy atom. The monoisotopic (exact) mass is 442 g/mol. The van der Waals surface area contributed by atoms with Crippen LogP contribution >= 0.6 is 0 Å². The average Bonchev–Trinajstić information content (AvgIpc) is 2.81. The molecule has 170 valence electrons. The van der Waals surface area contributed by atoms with Gasteiger partial charge in [0, 0.05) is 12.1 Å². The number of hydrogen-bond acceptors (Lipinski definition) is 7. The SMILES string of the molecule is COc1ccc(OC)c(C(C)NC(=O)COC(=O)CCN2C(=O)COc3ccccc32)c1. The number of ether oxygens (including phenoxy) is 4. The van der Waals surface area contributed by atoms with Crippen LogP contribution < -0.4 is 24.4 Å². The van der Waals surface area contributed by atoms with E-state index in [1.807, 2.05) is 6.07 Å². The molecule has 0 bridgehead atoms. The quantitative estimate of drug-likeness (QED) is 0.594. The molecule has 1 N–H and O–H groups in total. The second-order valence-electron chi connectivity index (χ2n) is 7.11. The van der Waals surface area contributed by atoms with Crippen molar-refractivity contribution >= 4 is 23.5 Å². The van der Waals surface area contributed by atoms with Crippen LogP contribution in [0.3, 0.4) is 0 Å². The van der Waals surface area contributed by atoms with Gasteiger partial charge in [0.2, 0.25) is 0 Å². The van der Waals surface area contributed by atoms with Gasteiger partial charge in [-0.25, -0.2) is 0 Å². The lowest BCUT2D eigenvalue weighted by atomic mass is 10.1. The number of carbonyl (C=O) groups excluding carboxylic acids is 3. The second-order valence-corrected chi connectivity index (χ2v) is 7.11. The number of esters is 1. The van der Waals surface area contributed by atoms with Crippen molar-refractivity contribution in [3.05, 3.63) is 48.0 Å². The van der Waals surface area contributed by atoms with Crippen molar-refractivity contribution in [1.29, 1.82) is 0 Å². The zero-order valence-corrected chi connectivity index (χ0v) is 18.3. The maximum absolute atomic E-state index is 12.3. The molecule has 2 aromatic carbocycles. The van der Waals surface area contributed by atoms with Gasteiger partial charge in [0.25, 0.3) is 11.8 Å². The third kappa shape index (κ3) is 5.48. The summed E-state index contributed by atoms with van der Waals surface area (Å²) in [5.41, 5.74) is 1.34. The van der Waals surface area contributed by atoms with Crippen LogP contribution in [0.2, 0.25) is 0 Å². The summed E-state index contributed by atoms with van der Waals surface area (Å²) in [7, 11) is 3.09. The van der Waals surface area contributed by atoms with E-state index < -0.39 is 24.5 Å². The van der Waals surface area contributed by atoms with Crippen molar-refractivity contribution in [2.75, 3.05) is 38.9 Å². The molecule has 1 heterocycles. The third-order valence-electron chi connectivity index (χ3n) is 4.99. The minimum atomic E-state index is -0.580. The highest BCUT2D eigenvalue weighted by Gasteiger charge is 2.25. The van der Waals surface area contributed by atoms with Gasteiger partial charge in [0.05, 0.1) is 32.4 Å². The van der Waals surface area contributed by atoms with Crippen LogP contribution in [0, 0.1) is 0 Å². The van der Waals surface area contributed by atoms with Gasteiger partial charge in [-0.1, -0.05) is 12.1 Å². The van der Waals surface area contributed by atoms with Gasteiger partial charge in [-0.05, 0) is 37.3 Å². The van der Waals surface area contributed by atoms with Gasteiger partial charge in [-0.3, -0.25) is 14.4 Å². The summed E-state index contributed by atoms with van der Waals surface area (Å²) >= 11 is 0. The van der Waals surface area contributed by atoms with E-state index in [-0.39, 0.29) is 25.5 Å². The molecule has 0 aliphatic carbocycles. The number of carbonyl (C=O) groups is 3. The van der Waals surface area contributed by atoms with Crippen LogP contribution in [0.5, 0.6) is 17.2 Å². The molecule has 1 aliphatic heterocycles. The van der Waals surface area contributed by atoms with Crippen LogP contribution in [-0.4, -0.2) is 51.8 Å². The molecule has 0 aromatic heterocycles. The van der Waals surface area contributed by atoms with Crippen molar-refractivity contribution in [1.82, 2.24) is 5.32 Å². The Morgan fingerprint density at radius 2 is 1.94 bits per heavy atom. The molecule has 9 heteroatoms. The fourth-order valence-corrected chi connectivity index (χ4v) is 3.36. The lowest BCUT2D eigenvalue weighted by molar-refractivity contribution is -0.148. The maximum Gasteiger partial charge on any atom is 0.308 e. The van der Waals surface area contributed by atoms with Crippen molar-refractivity contribution in [2.45, 2.75) is 19.4 Å².